The topological polar surface area (TPSA) is 61.6 Å². The molecule has 0 radical (unpaired) electrons. The van der Waals surface area contributed by atoms with Gasteiger partial charge in [0.1, 0.15) is 5.76 Å². The van der Waals surface area contributed by atoms with Gasteiger partial charge in [-0.2, -0.15) is 0 Å². The summed E-state index contributed by atoms with van der Waals surface area (Å²) >= 11 is 0. The van der Waals surface area contributed by atoms with Crippen molar-refractivity contribution in [2.45, 2.75) is 58.0 Å². The van der Waals surface area contributed by atoms with Crippen molar-refractivity contribution >= 4 is 11.7 Å². The van der Waals surface area contributed by atoms with Crippen LogP contribution in [0, 0.1) is 6.92 Å². The number of piperidine rings is 2. The van der Waals surface area contributed by atoms with E-state index in [9.17, 15) is 4.79 Å². The van der Waals surface area contributed by atoms with Gasteiger partial charge < -0.3 is 14.7 Å². The molecule has 2 aliphatic heterocycles. The molecule has 128 valence electrons. The van der Waals surface area contributed by atoms with Crippen LogP contribution in [0.3, 0.4) is 0 Å². The maximum atomic E-state index is 12.4. The minimum atomic E-state index is -0.130. The van der Waals surface area contributed by atoms with Crippen LogP contribution < -0.4 is 5.32 Å². The normalized spacial score (nSPS) is 22.9. The highest BCUT2D eigenvalue weighted by Gasteiger charge is 2.30. The summed E-state index contributed by atoms with van der Waals surface area (Å²) in [6, 6.07) is 2.32. The maximum absolute atomic E-state index is 12.4. The quantitative estimate of drug-likeness (QED) is 0.922. The van der Waals surface area contributed by atoms with Gasteiger partial charge >= 0.3 is 0 Å². The van der Waals surface area contributed by atoms with Crippen molar-refractivity contribution in [1.82, 2.24) is 15.0 Å². The van der Waals surface area contributed by atoms with Crippen LogP contribution in [0.5, 0.6) is 0 Å². The van der Waals surface area contributed by atoms with Crippen molar-refractivity contribution in [3.05, 3.63) is 11.8 Å². The standard InChI is InChI=1S/C17H28N4O2/c1-13-12-16(19-23-13)18-17(22)14(2)20-10-6-15(7-11-20)21-8-4-3-5-9-21/h12,14-15H,3-11H2,1-2H3,(H,18,19,22)/t14-/m0/s1. The van der Waals surface area contributed by atoms with Crippen LogP contribution in [0.1, 0.15) is 44.8 Å². The zero-order chi connectivity index (χ0) is 16.2. The molecular weight excluding hydrogens is 292 g/mol. The Kier molecular flexibility index (Phi) is 5.33. The largest absolute Gasteiger partial charge is 0.360 e. The Morgan fingerprint density at radius 1 is 1.26 bits per heavy atom. The van der Waals surface area contributed by atoms with E-state index in [1.807, 2.05) is 13.8 Å². The van der Waals surface area contributed by atoms with Crippen LogP contribution in [0.4, 0.5) is 5.82 Å². The zero-order valence-electron chi connectivity index (χ0n) is 14.3. The van der Waals surface area contributed by atoms with E-state index < -0.39 is 0 Å². The Hall–Kier alpha value is -1.40. The zero-order valence-corrected chi connectivity index (χ0v) is 14.3. The number of nitrogens with zero attached hydrogens (tertiary/aromatic N) is 3. The number of amides is 1. The van der Waals surface area contributed by atoms with E-state index >= 15 is 0 Å². The summed E-state index contributed by atoms with van der Waals surface area (Å²) in [5, 5.41) is 6.66. The Labute approximate surface area is 138 Å². The molecule has 1 N–H and O–H groups in total. The van der Waals surface area contributed by atoms with Crippen LogP contribution in [0.2, 0.25) is 0 Å². The van der Waals surface area contributed by atoms with Crippen LogP contribution in [-0.2, 0) is 4.79 Å². The molecule has 1 aromatic heterocycles. The van der Waals surface area contributed by atoms with Gasteiger partial charge in [-0.05, 0) is 52.6 Å². The molecule has 0 spiro atoms. The van der Waals surface area contributed by atoms with E-state index in [1.54, 1.807) is 6.07 Å². The summed E-state index contributed by atoms with van der Waals surface area (Å²) in [5.41, 5.74) is 0. The van der Waals surface area contributed by atoms with Crippen molar-refractivity contribution in [3.8, 4) is 0 Å². The molecule has 6 heteroatoms. The van der Waals surface area contributed by atoms with E-state index in [0.717, 1.165) is 13.1 Å². The fraction of sp³-hybridized carbons (Fsp3) is 0.765. The molecule has 0 unspecified atom stereocenters. The number of hydrogen-bond acceptors (Lipinski definition) is 5. The van der Waals surface area contributed by atoms with E-state index in [1.165, 1.54) is 45.2 Å². The molecule has 0 aliphatic carbocycles. The second-order valence-electron chi connectivity index (χ2n) is 6.85. The Bertz CT molecular complexity index is 516. The van der Waals surface area contributed by atoms with Crippen molar-refractivity contribution in [3.63, 3.8) is 0 Å². The lowest BCUT2D eigenvalue weighted by Crippen LogP contribution is -2.51. The van der Waals surface area contributed by atoms with Crippen molar-refractivity contribution in [2.24, 2.45) is 0 Å². The van der Waals surface area contributed by atoms with Crippen molar-refractivity contribution < 1.29 is 9.32 Å². The first-order valence-electron chi connectivity index (χ1n) is 8.86. The highest BCUT2D eigenvalue weighted by molar-refractivity contribution is 5.93. The number of rotatable bonds is 4. The molecule has 2 saturated heterocycles. The molecule has 23 heavy (non-hydrogen) atoms. The first-order valence-corrected chi connectivity index (χ1v) is 8.86. The summed E-state index contributed by atoms with van der Waals surface area (Å²) in [4.78, 5) is 17.3. The Balaban J connectivity index is 1.47. The lowest BCUT2D eigenvalue weighted by atomic mass is 9.99. The van der Waals surface area contributed by atoms with Crippen LogP contribution in [-0.4, -0.2) is 59.1 Å². The minimum Gasteiger partial charge on any atom is -0.360 e. The highest BCUT2D eigenvalue weighted by atomic mass is 16.5. The minimum absolute atomic E-state index is 0.00489. The monoisotopic (exact) mass is 320 g/mol. The molecule has 2 fully saturated rings. The Morgan fingerprint density at radius 2 is 1.96 bits per heavy atom. The van der Waals surface area contributed by atoms with E-state index in [-0.39, 0.29) is 11.9 Å². The van der Waals surface area contributed by atoms with Gasteiger partial charge in [-0.25, -0.2) is 0 Å². The van der Waals surface area contributed by atoms with E-state index in [2.05, 4.69) is 20.3 Å². The number of aryl methyl sites for hydroxylation is 1. The number of aromatic nitrogens is 1. The van der Waals surface area contributed by atoms with Gasteiger partial charge in [0.2, 0.25) is 5.91 Å². The molecule has 3 heterocycles. The van der Waals surface area contributed by atoms with Gasteiger partial charge in [0.15, 0.2) is 5.82 Å². The molecule has 2 aliphatic rings. The summed E-state index contributed by atoms with van der Waals surface area (Å²) < 4.78 is 4.99. The molecular formula is C17H28N4O2. The van der Waals surface area contributed by atoms with Gasteiger partial charge in [-0.3, -0.25) is 9.69 Å². The van der Waals surface area contributed by atoms with Crippen LogP contribution in [0.25, 0.3) is 0 Å². The summed E-state index contributed by atoms with van der Waals surface area (Å²) in [5.74, 6) is 1.20. The summed E-state index contributed by atoms with van der Waals surface area (Å²) in [6.07, 6.45) is 6.40. The number of anilines is 1. The van der Waals surface area contributed by atoms with Crippen LogP contribution in [0.15, 0.2) is 10.6 Å². The number of carbonyl (C=O) groups excluding carboxylic acids is 1. The smallest absolute Gasteiger partial charge is 0.242 e. The van der Waals surface area contributed by atoms with Gasteiger partial charge in [-0.15, -0.1) is 0 Å². The summed E-state index contributed by atoms with van der Waals surface area (Å²) in [7, 11) is 0. The SMILES string of the molecule is Cc1cc(NC(=O)[C@H](C)N2CCC(N3CCCCC3)CC2)no1. The molecule has 1 atom stereocenters. The fourth-order valence-corrected chi connectivity index (χ4v) is 3.74. The molecule has 1 amide bonds. The number of carbonyl (C=O) groups is 1. The average molecular weight is 320 g/mol. The lowest BCUT2D eigenvalue weighted by Gasteiger charge is -2.41. The molecule has 1 aromatic rings. The molecule has 0 bridgehead atoms. The van der Waals surface area contributed by atoms with E-state index in [4.69, 9.17) is 4.52 Å². The van der Waals surface area contributed by atoms with Crippen molar-refractivity contribution in [2.75, 3.05) is 31.5 Å². The van der Waals surface area contributed by atoms with Gasteiger partial charge in [-0.1, -0.05) is 11.6 Å². The van der Waals surface area contributed by atoms with Gasteiger partial charge in [0.05, 0.1) is 6.04 Å². The predicted molar refractivity (Wildman–Crippen MR) is 89.4 cm³/mol. The summed E-state index contributed by atoms with van der Waals surface area (Å²) in [6.45, 7) is 8.29. The highest BCUT2D eigenvalue weighted by Crippen LogP contribution is 2.22. The second-order valence-corrected chi connectivity index (χ2v) is 6.85. The second kappa shape index (κ2) is 7.45. The average Bonchev–Trinajstić information content (AvgIpc) is 3.00. The molecule has 6 nitrogen and oxygen atoms in total. The molecule has 0 saturated carbocycles. The van der Waals surface area contributed by atoms with Crippen LogP contribution >= 0.6 is 0 Å². The van der Waals surface area contributed by atoms with Gasteiger partial charge in [0, 0.05) is 25.2 Å². The third kappa shape index (κ3) is 4.12. The first-order chi connectivity index (χ1) is 11.1. The fourth-order valence-electron chi connectivity index (χ4n) is 3.74. The molecule has 0 aromatic carbocycles. The lowest BCUT2D eigenvalue weighted by molar-refractivity contribution is -0.121. The van der Waals surface area contributed by atoms with Gasteiger partial charge in [0.25, 0.3) is 0 Å². The third-order valence-corrected chi connectivity index (χ3v) is 5.21. The van der Waals surface area contributed by atoms with Crippen molar-refractivity contribution in [1.29, 1.82) is 0 Å². The predicted octanol–water partition coefficient (Wildman–Crippen LogP) is 2.26. The number of hydrogen-bond donors (Lipinski definition) is 1. The first kappa shape index (κ1) is 16.5. The number of nitrogens with one attached hydrogen (secondary N) is 1. The third-order valence-electron chi connectivity index (χ3n) is 5.21. The maximum Gasteiger partial charge on any atom is 0.242 e. The Morgan fingerprint density at radius 3 is 2.57 bits per heavy atom. The molecule has 3 rings (SSSR count). The van der Waals surface area contributed by atoms with E-state index in [0.29, 0.717) is 17.6 Å². The number of likely N-dealkylation sites (tertiary alicyclic amines) is 2.